The van der Waals surface area contributed by atoms with Crippen molar-refractivity contribution in [1.29, 1.82) is 0 Å². The van der Waals surface area contributed by atoms with Gasteiger partial charge in [0.15, 0.2) is 0 Å². The van der Waals surface area contributed by atoms with Gasteiger partial charge in [0.2, 0.25) is 0 Å². The van der Waals surface area contributed by atoms with E-state index in [0.29, 0.717) is 0 Å². The molecular formula is C132H77N11O2S2. The molecule has 33 rings (SSSR count). The largest absolute Gasteiger partial charge is 0.455 e. The van der Waals surface area contributed by atoms with Crippen LogP contribution in [0.15, 0.2) is 476 Å². The number of thiophene rings is 2. The number of aromatic nitrogens is 11. The van der Waals surface area contributed by atoms with Crippen LogP contribution < -0.4 is 0 Å². The van der Waals surface area contributed by atoms with Gasteiger partial charge < -0.3 is 18.0 Å². The predicted octanol–water partition coefficient (Wildman–Crippen LogP) is 35.5. The Labute approximate surface area is 845 Å². The van der Waals surface area contributed by atoms with Crippen LogP contribution in [0.2, 0.25) is 0 Å². The molecule has 15 heterocycles. The SMILES string of the molecule is c1ccc2c(c1)nc(-c1cc(-c3cccc4c3oc3ccccc34)cc(-c3cccc4c3oc3ccccc34)c1)c1c2nc2ccccn21.c1ccc2c(c1)nc(-c1cc(-c3cccc4c3sc3ccccc34)cc(-c3cccc4c3sc3ccccc34)c1)c1c2nc2ccccn21.c1ccc2c(c1)nc(-c1cc(-n3c4ccccc4c4ccccc43)cc(-n3c4ccccc4c4ccccc43)c1)c1c2nc2ccccn21. The normalized spacial score (nSPS) is 12.1. The van der Waals surface area contributed by atoms with Gasteiger partial charge in [-0.25, -0.2) is 29.9 Å². The van der Waals surface area contributed by atoms with Gasteiger partial charge >= 0.3 is 0 Å². The number of pyridine rings is 6. The van der Waals surface area contributed by atoms with Gasteiger partial charge in [0.1, 0.15) is 55.8 Å². The van der Waals surface area contributed by atoms with Crippen LogP contribution in [0.4, 0.5) is 0 Å². The Morgan fingerprint density at radius 2 is 0.476 bits per heavy atom. The van der Waals surface area contributed by atoms with Crippen LogP contribution in [0.3, 0.4) is 0 Å². The number of furan rings is 2. The van der Waals surface area contributed by atoms with Crippen molar-refractivity contribution < 1.29 is 8.83 Å². The highest BCUT2D eigenvalue weighted by Crippen LogP contribution is 2.51. The highest BCUT2D eigenvalue weighted by atomic mass is 32.1. The summed E-state index contributed by atoms with van der Waals surface area (Å²) in [6.07, 6.45) is 6.26. The second-order valence-corrected chi connectivity index (χ2v) is 39.9. The third-order valence-electron chi connectivity index (χ3n) is 29.6. The fourth-order valence-electron chi connectivity index (χ4n) is 23.1. The molecular weight excluding hydrogens is 1840 g/mol. The molecule has 33 aromatic rings. The molecule has 0 fully saturated rings. The molecule has 15 aromatic heterocycles. The van der Waals surface area contributed by atoms with Crippen LogP contribution in [0.1, 0.15) is 0 Å². The predicted molar refractivity (Wildman–Crippen MR) is 611 cm³/mol. The average Bonchev–Trinajstić information content (AvgIpc) is 1.61. The quantitative estimate of drug-likeness (QED) is 0.140. The van der Waals surface area contributed by atoms with Crippen LogP contribution >= 0.6 is 22.7 Å². The summed E-state index contributed by atoms with van der Waals surface area (Å²) in [6.45, 7) is 0. The lowest BCUT2D eigenvalue weighted by Crippen LogP contribution is -2.01. The Kier molecular flexibility index (Phi) is 18.3. The molecule has 0 N–H and O–H groups in total. The zero-order valence-corrected chi connectivity index (χ0v) is 80.1. The van der Waals surface area contributed by atoms with E-state index in [1.807, 2.05) is 89.4 Å². The molecule has 0 atom stereocenters. The van der Waals surface area contributed by atoms with E-state index in [1.165, 1.54) is 106 Å². The summed E-state index contributed by atoms with van der Waals surface area (Å²) in [5.74, 6) is 0. The third kappa shape index (κ3) is 12.9. The molecule has 0 aliphatic rings. The van der Waals surface area contributed by atoms with Crippen LogP contribution in [0.5, 0.6) is 0 Å². The first-order valence-corrected chi connectivity index (χ1v) is 51.0. The second kappa shape index (κ2) is 32.6. The van der Waals surface area contributed by atoms with Gasteiger partial charge in [-0.2, -0.15) is 0 Å². The van der Waals surface area contributed by atoms with Gasteiger partial charge in [-0.1, -0.05) is 291 Å². The maximum atomic E-state index is 6.56. The fraction of sp³-hybridized carbons (Fsp3) is 0. The molecule has 15 heteroatoms. The molecule has 0 amide bonds. The number of nitrogens with zero attached hydrogens (tertiary/aromatic N) is 11. The van der Waals surface area contributed by atoms with Crippen molar-refractivity contribution >= 4 is 233 Å². The van der Waals surface area contributed by atoms with Crippen LogP contribution in [0.25, 0.3) is 300 Å². The number of hydrogen-bond acceptors (Lipinski definition) is 10. The van der Waals surface area contributed by atoms with E-state index in [2.05, 4.69) is 423 Å². The van der Waals surface area contributed by atoms with Crippen molar-refractivity contribution in [3.05, 3.63) is 468 Å². The van der Waals surface area contributed by atoms with E-state index in [-0.39, 0.29) is 0 Å². The van der Waals surface area contributed by atoms with Crippen LogP contribution in [-0.4, -0.2) is 52.2 Å². The van der Waals surface area contributed by atoms with E-state index < -0.39 is 0 Å². The Bertz CT molecular complexity index is 10500. The Morgan fingerprint density at radius 3 is 0.850 bits per heavy atom. The van der Waals surface area contributed by atoms with Gasteiger partial charge in [-0.15, -0.1) is 22.7 Å². The van der Waals surface area contributed by atoms with Crippen LogP contribution in [-0.2, 0) is 0 Å². The minimum absolute atomic E-state index is 0.861. The van der Waals surface area contributed by atoms with Gasteiger partial charge in [0.05, 0.1) is 72.2 Å². The van der Waals surface area contributed by atoms with Gasteiger partial charge in [-0.3, -0.25) is 13.2 Å². The average molecular weight is 1910 g/mol. The molecule has 0 bridgehead atoms. The van der Waals surface area contributed by atoms with Crippen molar-refractivity contribution in [2.45, 2.75) is 0 Å². The molecule has 0 unspecified atom stereocenters. The monoisotopic (exact) mass is 1910 g/mol. The van der Waals surface area contributed by atoms with Crippen LogP contribution in [0, 0.1) is 0 Å². The van der Waals surface area contributed by atoms with E-state index in [9.17, 15) is 0 Å². The van der Waals surface area contributed by atoms with Gasteiger partial charge in [0, 0.05) is 157 Å². The molecule has 0 saturated heterocycles. The van der Waals surface area contributed by atoms with Crippen molar-refractivity contribution in [3.63, 3.8) is 0 Å². The smallest absolute Gasteiger partial charge is 0.143 e. The first kappa shape index (κ1) is 82.4. The minimum Gasteiger partial charge on any atom is -0.455 e. The van der Waals surface area contributed by atoms with Crippen molar-refractivity contribution in [3.8, 4) is 89.7 Å². The van der Waals surface area contributed by atoms with Crippen molar-refractivity contribution in [2.24, 2.45) is 0 Å². The van der Waals surface area contributed by atoms with Crippen molar-refractivity contribution in [1.82, 2.24) is 52.2 Å². The van der Waals surface area contributed by atoms with Gasteiger partial charge in [-0.05, 0) is 191 Å². The van der Waals surface area contributed by atoms with E-state index in [0.717, 1.165) is 194 Å². The number of para-hydroxylation sites is 11. The van der Waals surface area contributed by atoms with E-state index in [4.69, 9.17) is 38.7 Å². The highest BCUT2D eigenvalue weighted by Gasteiger charge is 2.28. The zero-order chi connectivity index (χ0) is 96.2. The summed E-state index contributed by atoms with van der Waals surface area (Å²) in [5.41, 5.74) is 36.3. The maximum absolute atomic E-state index is 6.56. The summed E-state index contributed by atoms with van der Waals surface area (Å²) < 4.78 is 29.7. The number of hydrogen-bond donors (Lipinski definition) is 0. The minimum atomic E-state index is 0.861. The molecule has 684 valence electrons. The molecule has 0 spiro atoms. The Morgan fingerprint density at radius 1 is 0.197 bits per heavy atom. The summed E-state index contributed by atoms with van der Waals surface area (Å²) in [5, 5.41) is 17.7. The second-order valence-electron chi connectivity index (χ2n) is 37.8. The molecule has 18 aromatic carbocycles. The lowest BCUT2D eigenvalue weighted by atomic mass is 9.92. The molecule has 13 nitrogen and oxygen atoms in total. The standard InChI is InChI=1S/C44H27N5.C44H25N3O2.C44H25N3S2/c1-6-18-36-35(17-1)43-44(47-24-12-11-23-41(47)46-43)42(45-36)28-25-29(48-37-19-7-2-13-31(37)32-14-3-8-20-38(32)48)27-30(26-28)49-39-21-9-4-15-33(39)34-16-5-10-22-40(34)49;2*1-4-18-36-35(13-1)41-42(47-22-8-7-21-39(47)46-41)40(45-36)28-24-26(29-14-9-16-33-31-11-2-5-19-37(31)48-43(29)33)23-27(25-28)30-15-10-17-34-32-12-3-6-20-38(32)49-44(30)34/h1-27H;2*1-25H. The first-order valence-electron chi connectivity index (χ1n) is 49.4. The summed E-state index contributed by atoms with van der Waals surface area (Å²) >= 11 is 3.74. The summed E-state index contributed by atoms with van der Waals surface area (Å²) in [4.78, 5) is 31.6. The Hall–Kier alpha value is -19.3. The summed E-state index contributed by atoms with van der Waals surface area (Å²) in [7, 11) is 0. The summed E-state index contributed by atoms with van der Waals surface area (Å²) in [6, 6.07) is 159. The van der Waals surface area contributed by atoms with Gasteiger partial charge in [0.25, 0.3) is 0 Å². The molecule has 0 radical (unpaired) electrons. The van der Waals surface area contributed by atoms with E-state index >= 15 is 0 Å². The molecule has 147 heavy (non-hydrogen) atoms. The van der Waals surface area contributed by atoms with Crippen molar-refractivity contribution in [2.75, 3.05) is 0 Å². The molecule has 0 aliphatic carbocycles. The Balaban J connectivity index is 0.0000000999. The zero-order valence-electron chi connectivity index (χ0n) is 78.5. The maximum Gasteiger partial charge on any atom is 0.143 e. The highest BCUT2D eigenvalue weighted by molar-refractivity contribution is 7.26. The number of benzene rings is 18. The third-order valence-corrected chi connectivity index (χ3v) is 32.0. The molecule has 0 saturated carbocycles. The fourth-order valence-corrected chi connectivity index (χ4v) is 25.6. The number of fused-ring (bicyclic) bond motifs is 33. The van der Waals surface area contributed by atoms with E-state index in [1.54, 1.807) is 0 Å². The topological polar surface area (TPSA) is 127 Å². The lowest BCUT2D eigenvalue weighted by molar-refractivity contribution is 0.670. The first-order chi connectivity index (χ1) is 72.9. The molecule has 0 aliphatic heterocycles. The number of rotatable bonds is 9. The lowest BCUT2D eigenvalue weighted by Gasteiger charge is -2.16. The number of imidazole rings is 3.